The summed E-state index contributed by atoms with van der Waals surface area (Å²) in [4.78, 5) is 7.64. The van der Waals surface area contributed by atoms with E-state index in [2.05, 4.69) is 9.97 Å². The molecule has 1 aromatic rings. The Labute approximate surface area is 75.9 Å². The lowest BCUT2D eigenvalue weighted by molar-refractivity contribution is 0.141. The Balaban J connectivity index is 1.97. The van der Waals surface area contributed by atoms with Gasteiger partial charge in [0.15, 0.2) is 5.75 Å². The second-order valence-corrected chi connectivity index (χ2v) is 2.88. The van der Waals surface area contributed by atoms with Crippen LogP contribution >= 0.6 is 0 Å². The Bertz CT molecular complexity index is 269. The molecule has 1 atom stereocenters. The lowest BCUT2D eigenvalue weighted by atomic mass is 10.3. The molecule has 1 aliphatic heterocycles. The van der Waals surface area contributed by atoms with Gasteiger partial charge in [-0.3, -0.25) is 0 Å². The van der Waals surface area contributed by atoms with Crippen LogP contribution in [0.25, 0.3) is 0 Å². The highest BCUT2D eigenvalue weighted by atomic mass is 16.5. The Hall–Kier alpha value is -1.36. The summed E-state index contributed by atoms with van der Waals surface area (Å²) in [7, 11) is 0. The molecule has 0 aromatic carbocycles. The summed E-state index contributed by atoms with van der Waals surface area (Å²) >= 11 is 0. The average Bonchev–Trinajstić information content (AvgIpc) is 2.62. The molecule has 1 aliphatic rings. The summed E-state index contributed by atoms with van der Waals surface area (Å²) in [6.07, 6.45) is 4.19. The molecule has 0 spiro atoms. The molecule has 5 heteroatoms. The summed E-state index contributed by atoms with van der Waals surface area (Å²) < 4.78 is 10.7. The number of hydrogen-bond acceptors (Lipinski definition) is 5. The Morgan fingerprint density at radius 1 is 1.46 bits per heavy atom. The fourth-order valence-corrected chi connectivity index (χ4v) is 1.19. The molecule has 1 unspecified atom stereocenters. The van der Waals surface area contributed by atoms with Gasteiger partial charge in [-0.25, -0.2) is 9.97 Å². The zero-order valence-electron chi connectivity index (χ0n) is 7.14. The van der Waals surface area contributed by atoms with Crippen LogP contribution in [0.4, 0.5) is 5.95 Å². The van der Waals surface area contributed by atoms with Crippen molar-refractivity contribution in [3.63, 3.8) is 0 Å². The Kier molecular flexibility index (Phi) is 2.27. The first-order valence-electron chi connectivity index (χ1n) is 4.16. The van der Waals surface area contributed by atoms with Crippen LogP contribution in [0, 0.1) is 0 Å². The molecule has 2 rings (SSSR count). The van der Waals surface area contributed by atoms with E-state index in [4.69, 9.17) is 15.2 Å². The molecule has 2 N–H and O–H groups in total. The minimum atomic E-state index is 0.132. The third-order valence-electron chi connectivity index (χ3n) is 1.84. The predicted octanol–water partition coefficient (Wildman–Crippen LogP) is 0.226. The van der Waals surface area contributed by atoms with Crippen molar-refractivity contribution in [3.8, 4) is 5.75 Å². The van der Waals surface area contributed by atoms with Gasteiger partial charge in [-0.15, -0.1) is 0 Å². The number of hydrogen-bond donors (Lipinski definition) is 1. The number of nitrogen functional groups attached to an aromatic ring is 1. The van der Waals surface area contributed by atoms with Gasteiger partial charge in [0.1, 0.15) is 6.10 Å². The molecule has 2 heterocycles. The quantitative estimate of drug-likeness (QED) is 0.707. The van der Waals surface area contributed by atoms with E-state index in [0.29, 0.717) is 12.4 Å². The van der Waals surface area contributed by atoms with Crippen molar-refractivity contribution in [2.45, 2.75) is 12.5 Å². The molecule has 1 aromatic heterocycles. The van der Waals surface area contributed by atoms with Crippen molar-refractivity contribution in [2.24, 2.45) is 0 Å². The van der Waals surface area contributed by atoms with E-state index in [-0.39, 0.29) is 12.1 Å². The lowest BCUT2D eigenvalue weighted by Gasteiger charge is -2.10. The first-order chi connectivity index (χ1) is 6.34. The van der Waals surface area contributed by atoms with Gasteiger partial charge >= 0.3 is 0 Å². The van der Waals surface area contributed by atoms with Crippen LogP contribution in [-0.4, -0.2) is 29.3 Å². The van der Waals surface area contributed by atoms with E-state index in [1.54, 1.807) is 12.4 Å². The molecular weight excluding hydrogens is 170 g/mol. The van der Waals surface area contributed by atoms with E-state index < -0.39 is 0 Å². The topological polar surface area (TPSA) is 70.3 Å². The molecule has 0 bridgehead atoms. The van der Waals surface area contributed by atoms with Gasteiger partial charge in [0.05, 0.1) is 25.6 Å². The lowest BCUT2D eigenvalue weighted by Crippen LogP contribution is -2.16. The van der Waals surface area contributed by atoms with Gasteiger partial charge < -0.3 is 15.2 Å². The van der Waals surface area contributed by atoms with Crippen molar-refractivity contribution < 1.29 is 9.47 Å². The second-order valence-electron chi connectivity index (χ2n) is 2.88. The van der Waals surface area contributed by atoms with Crippen molar-refractivity contribution in [1.29, 1.82) is 0 Å². The number of rotatable bonds is 2. The smallest absolute Gasteiger partial charge is 0.220 e. The van der Waals surface area contributed by atoms with Gasteiger partial charge in [0.25, 0.3) is 0 Å². The molecule has 1 fully saturated rings. The molecule has 0 amide bonds. The number of aromatic nitrogens is 2. The van der Waals surface area contributed by atoms with Crippen LogP contribution in [0.3, 0.4) is 0 Å². The largest absolute Gasteiger partial charge is 0.485 e. The second kappa shape index (κ2) is 3.57. The molecular formula is C8H11N3O2. The van der Waals surface area contributed by atoms with Crippen molar-refractivity contribution >= 4 is 5.95 Å². The maximum absolute atomic E-state index is 5.52. The standard InChI is InChI=1S/C8H11N3O2/c9-8-10-3-7(4-11-8)13-6-1-2-12-5-6/h3-4,6H,1-2,5H2,(H2,9,10,11). The van der Waals surface area contributed by atoms with Crippen LogP contribution in [0.15, 0.2) is 12.4 Å². The van der Waals surface area contributed by atoms with Crippen LogP contribution in [0.5, 0.6) is 5.75 Å². The zero-order valence-corrected chi connectivity index (χ0v) is 7.14. The number of nitrogens with zero attached hydrogens (tertiary/aromatic N) is 2. The number of nitrogens with two attached hydrogens (primary N) is 1. The van der Waals surface area contributed by atoms with Gasteiger partial charge in [0, 0.05) is 6.42 Å². The van der Waals surface area contributed by atoms with E-state index in [0.717, 1.165) is 13.0 Å². The van der Waals surface area contributed by atoms with Crippen LogP contribution in [0.2, 0.25) is 0 Å². The summed E-state index contributed by atoms with van der Waals surface area (Å²) in [5.41, 5.74) is 5.33. The van der Waals surface area contributed by atoms with Crippen molar-refractivity contribution in [3.05, 3.63) is 12.4 Å². The van der Waals surface area contributed by atoms with Crippen molar-refractivity contribution in [2.75, 3.05) is 18.9 Å². The van der Waals surface area contributed by atoms with Crippen molar-refractivity contribution in [1.82, 2.24) is 9.97 Å². The molecule has 0 aliphatic carbocycles. The maximum Gasteiger partial charge on any atom is 0.220 e. The summed E-state index contributed by atoms with van der Waals surface area (Å²) in [5, 5.41) is 0. The van der Waals surface area contributed by atoms with E-state index in [1.807, 2.05) is 0 Å². The van der Waals surface area contributed by atoms with Gasteiger partial charge in [0.2, 0.25) is 5.95 Å². The van der Waals surface area contributed by atoms with Crippen LogP contribution in [0.1, 0.15) is 6.42 Å². The van der Waals surface area contributed by atoms with Gasteiger partial charge in [-0.05, 0) is 0 Å². The third-order valence-corrected chi connectivity index (χ3v) is 1.84. The molecule has 0 radical (unpaired) electrons. The average molecular weight is 181 g/mol. The monoisotopic (exact) mass is 181 g/mol. The minimum absolute atomic E-state index is 0.132. The number of ether oxygens (including phenoxy) is 2. The first kappa shape index (κ1) is 8.25. The Morgan fingerprint density at radius 2 is 2.23 bits per heavy atom. The number of anilines is 1. The minimum Gasteiger partial charge on any atom is -0.485 e. The SMILES string of the molecule is Nc1ncc(OC2CCOC2)cn1. The van der Waals surface area contributed by atoms with Crippen LogP contribution in [-0.2, 0) is 4.74 Å². The highest BCUT2D eigenvalue weighted by molar-refractivity contribution is 5.21. The van der Waals surface area contributed by atoms with Gasteiger partial charge in [-0.2, -0.15) is 0 Å². The first-order valence-corrected chi connectivity index (χ1v) is 4.16. The van der Waals surface area contributed by atoms with E-state index >= 15 is 0 Å². The molecule has 70 valence electrons. The predicted molar refractivity (Wildman–Crippen MR) is 46.3 cm³/mol. The molecule has 13 heavy (non-hydrogen) atoms. The summed E-state index contributed by atoms with van der Waals surface area (Å²) in [6.45, 7) is 1.41. The maximum atomic E-state index is 5.52. The summed E-state index contributed by atoms with van der Waals surface area (Å²) in [5.74, 6) is 0.903. The molecule has 1 saturated heterocycles. The molecule has 0 saturated carbocycles. The fourth-order valence-electron chi connectivity index (χ4n) is 1.19. The van der Waals surface area contributed by atoms with E-state index in [9.17, 15) is 0 Å². The highest BCUT2D eigenvalue weighted by Crippen LogP contribution is 2.14. The zero-order chi connectivity index (χ0) is 9.10. The summed E-state index contributed by atoms with van der Waals surface area (Å²) in [6, 6.07) is 0. The Morgan fingerprint density at radius 3 is 2.85 bits per heavy atom. The highest BCUT2D eigenvalue weighted by Gasteiger charge is 2.17. The van der Waals surface area contributed by atoms with Gasteiger partial charge in [-0.1, -0.05) is 0 Å². The van der Waals surface area contributed by atoms with Crippen LogP contribution < -0.4 is 10.5 Å². The third kappa shape index (κ3) is 2.06. The normalized spacial score (nSPS) is 21.7. The fraction of sp³-hybridized carbons (Fsp3) is 0.500. The van der Waals surface area contributed by atoms with E-state index in [1.165, 1.54) is 0 Å². The molecule has 5 nitrogen and oxygen atoms in total.